The first-order valence-corrected chi connectivity index (χ1v) is 14.6. The second-order valence-corrected chi connectivity index (χ2v) is 11.8. The van der Waals surface area contributed by atoms with Crippen LogP contribution in [0, 0.1) is 0 Å². The van der Waals surface area contributed by atoms with Crippen LogP contribution in [-0.4, -0.2) is 65.5 Å². The lowest BCUT2D eigenvalue weighted by molar-refractivity contribution is -0.126. The van der Waals surface area contributed by atoms with Crippen molar-refractivity contribution in [3.63, 3.8) is 0 Å². The number of amides is 1. The highest BCUT2D eigenvalue weighted by Gasteiger charge is 2.34. The first kappa shape index (κ1) is 25.6. The Bertz CT molecular complexity index is 1270. The lowest BCUT2D eigenvalue weighted by atomic mass is 9.91. The second-order valence-electron chi connectivity index (χ2n) is 10.7. The SMILES string of the molecule is NC(=O)[C@H](O)C[C@H]1CCc2sc3nc(Nc4ccccc4)cc(O[C@H]4CC[C@H](N5CCOCC5)CC4)c3c21. The largest absolute Gasteiger partial charge is 0.490 e. The molecule has 3 aromatic rings. The fourth-order valence-corrected chi connectivity index (χ4v) is 7.59. The molecule has 0 radical (unpaired) electrons. The minimum absolute atomic E-state index is 0.0652. The molecule has 8 nitrogen and oxygen atoms in total. The van der Waals surface area contributed by atoms with Crippen molar-refractivity contribution >= 4 is 39.0 Å². The summed E-state index contributed by atoms with van der Waals surface area (Å²) < 4.78 is 12.3. The summed E-state index contributed by atoms with van der Waals surface area (Å²) in [5.74, 6) is 1.00. The minimum atomic E-state index is -1.15. The van der Waals surface area contributed by atoms with Gasteiger partial charge in [-0.1, -0.05) is 18.2 Å². The molecule has 1 aliphatic heterocycles. The van der Waals surface area contributed by atoms with Gasteiger partial charge >= 0.3 is 0 Å². The van der Waals surface area contributed by atoms with E-state index in [1.165, 1.54) is 10.4 Å². The number of carbonyl (C=O) groups is 1. The molecule has 9 heteroatoms. The van der Waals surface area contributed by atoms with Gasteiger partial charge in [-0.05, 0) is 68.6 Å². The average molecular weight is 537 g/mol. The third-order valence-corrected chi connectivity index (χ3v) is 9.41. The maximum atomic E-state index is 11.6. The number of nitrogens with one attached hydrogen (secondary N) is 1. The number of nitrogens with zero attached hydrogens (tertiary/aromatic N) is 2. The van der Waals surface area contributed by atoms with Crippen LogP contribution in [0.5, 0.6) is 5.75 Å². The number of nitrogens with two attached hydrogens (primary N) is 1. The molecule has 2 atom stereocenters. The highest BCUT2D eigenvalue weighted by molar-refractivity contribution is 7.19. The molecule has 2 aromatic heterocycles. The number of rotatable bonds is 8. The van der Waals surface area contributed by atoms with Gasteiger partial charge in [-0.2, -0.15) is 0 Å². The number of primary amides is 1. The molecule has 1 saturated heterocycles. The zero-order valence-corrected chi connectivity index (χ0v) is 22.4. The van der Waals surface area contributed by atoms with E-state index in [2.05, 4.69) is 10.2 Å². The summed E-state index contributed by atoms with van der Waals surface area (Å²) in [7, 11) is 0. The van der Waals surface area contributed by atoms with E-state index in [0.717, 1.165) is 92.3 Å². The topological polar surface area (TPSA) is 110 Å². The van der Waals surface area contributed by atoms with Crippen LogP contribution >= 0.6 is 11.3 Å². The summed E-state index contributed by atoms with van der Waals surface area (Å²) in [5.41, 5.74) is 7.55. The number of hydrogen-bond donors (Lipinski definition) is 3. The summed E-state index contributed by atoms with van der Waals surface area (Å²) in [4.78, 5) is 21.4. The first-order chi connectivity index (χ1) is 18.5. The van der Waals surface area contributed by atoms with Crippen LogP contribution in [0.1, 0.15) is 54.9 Å². The number of anilines is 2. The number of thiophene rings is 1. The molecule has 202 valence electrons. The van der Waals surface area contributed by atoms with Gasteiger partial charge in [0.2, 0.25) is 5.91 Å². The molecule has 2 aliphatic carbocycles. The van der Waals surface area contributed by atoms with E-state index in [4.69, 9.17) is 20.2 Å². The number of aliphatic hydroxyl groups is 1. The molecule has 0 unspecified atom stereocenters. The monoisotopic (exact) mass is 536 g/mol. The van der Waals surface area contributed by atoms with Gasteiger partial charge in [0.1, 0.15) is 22.5 Å². The van der Waals surface area contributed by atoms with E-state index in [9.17, 15) is 9.90 Å². The van der Waals surface area contributed by atoms with Gasteiger partial charge in [-0.25, -0.2) is 4.98 Å². The maximum Gasteiger partial charge on any atom is 0.246 e. The lowest BCUT2D eigenvalue weighted by Crippen LogP contribution is -2.46. The molecule has 3 aliphatic rings. The van der Waals surface area contributed by atoms with Crippen LogP contribution in [0.25, 0.3) is 10.2 Å². The van der Waals surface area contributed by atoms with Crippen molar-refractivity contribution in [1.29, 1.82) is 0 Å². The van der Waals surface area contributed by atoms with E-state index in [0.29, 0.717) is 12.5 Å². The Kier molecular flexibility index (Phi) is 7.52. The standard InChI is InChI=1S/C29H36N4O4S/c30-28(35)22(34)16-18-6-11-24-26(18)27-23(17-25(32-29(27)38-24)31-19-4-2-1-3-5-19)37-21-9-7-20(8-10-21)33-12-14-36-15-13-33/h1-5,17-18,20-22,34H,6-16H2,(H2,30,35)(H,31,32)/t18-,20-,21-,22-/m1/s1. The number of aliphatic hydroxyl groups excluding tert-OH is 1. The van der Waals surface area contributed by atoms with E-state index in [-0.39, 0.29) is 12.0 Å². The van der Waals surface area contributed by atoms with Crippen LogP contribution in [0.15, 0.2) is 36.4 Å². The van der Waals surface area contributed by atoms with E-state index in [1.807, 2.05) is 36.4 Å². The smallest absolute Gasteiger partial charge is 0.246 e. The van der Waals surface area contributed by atoms with Crippen LogP contribution in [0.3, 0.4) is 0 Å². The van der Waals surface area contributed by atoms with Crippen molar-refractivity contribution < 1.29 is 19.4 Å². The summed E-state index contributed by atoms with van der Waals surface area (Å²) in [6.07, 6.45) is 5.44. The average Bonchev–Trinajstić information content (AvgIpc) is 3.49. The number of ether oxygens (including phenoxy) is 2. The second kappa shape index (κ2) is 11.2. The number of morpholine rings is 1. The minimum Gasteiger partial charge on any atom is -0.490 e. The molecular formula is C29H36N4O4S. The van der Waals surface area contributed by atoms with Crippen molar-refractivity contribution in [2.24, 2.45) is 5.73 Å². The van der Waals surface area contributed by atoms with Crippen LogP contribution in [0.4, 0.5) is 11.5 Å². The van der Waals surface area contributed by atoms with Crippen molar-refractivity contribution in [2.45, 2.75) is 69.1 Å². The molecule has 4 N–H and O–H groups in total. The van der Waals surface area contributed by atoms with Gasteiger partial charge in [0.05, 0.1) is 24.7 Å². The zero-order chi connectivity index (χ0) is 26.1. The van der Waals surface area contributed by atoms with Gasteiger partial charge in [-0.3, -0.25) is 9.69 Å². The van der Waals surface area contributed by atoms with Gasteiger partial charge < -0.3 is 25.6 Å². The molecule has 3 heterocycles. The number of aromatic nitrogens is 1. The predicted molar refractivity (Wildman–Crippen MR) is 149 cm³/mol. The molecule has 1 saturated carbocycles. The van der Waals surface area contributed by atoms with Crippen LogP contribution in [-0.2, 0) is 16.0 Å². The Morgan fingerprint density at radius 3 is 2.68 bits per heavy atom. The van der Waals surface area contributed by atoms with Crippen LogP contribution < -0.4 is 15.8 Å². The van der Waals surface area contributed by atoms with Gasteiger partial charge in [-0.15, -0.1) is 11.3 Å². The molecule has 0 bridgehead atoms. The Balaban J connectivity index is 1.28. The van der Waals surface area contributed by atoms with E-state index < -0.39 is 12.0 Å². The number of fused-ring (bicyclic) bond motifs is 3. The third-order valence-electron chi connectivity index (χ3n) is 8.25. The number of carbonyl (C=O) groups excluding carboxylic acids is 1. The molecule has 2 fully saturated rings. The molecule has 0 spiro atoms. The van der Waals surface area contributed by atoms with Gasteiger partial charge in [0.25, 0.3) is 0 Å². The van der Waals surface area contributed by atoms with Crippen molar-refractivity contribution in [1.82, 2.24) is 9.88 Å². The Morgan fingerprint density at radius 2 is 1.95 bits per heavy atom. The van der Waals surface area contributed by atoms with Gasteiger partial charge in [0.15, 0.2) is 0 Å². The quantitative estimate of drug-likeness (QED) is 0.393. The highest BCUT2D eigenvalue weighted by atomic mass is 32.1. The predicted octanol–water partition coefficient (Wildman–Crippen LogP) is 4.33. The first-order valence-electron chi connectivity index (χ1n) is 13.8. The molecule has 1 aromatic carbocycles. The molecular weight excluding hydrogens is 500 g/mol. The van der Waals surface area contributed by atoms with E-state index in [1.54, 1.807) is 11.3 Å². The van der Waals surface area contributed by atoms with E-state index >= 15 is 0 Å². The van der Waals surface area contributed by atoms with Crippen molar-refractivity contribution in [3.8, 4) is 5.75 Å². The number of para-hydroxylation sites is 1. The summed E-state index contributed by atoms with van der Waals surface area (Å²) >= 11 is 1.70. The summed E-state index contributed by atoms with van der Waals surface area (Å²) in [5, 5.41) is 14.7. The normalized spacial score (nSPS) is 24.7. The Labute approximate surface area is 227 Å². The fraction of sp³-hybridized carbons (Fsp3) is 0.517. The molecule has 1 amide bonds. The number of aryl methyl sites for hydroxylation is 1. The molecule has 6 rings (SSSR count). The lowest BCUT2D eigenvalue weighted by Gasteiger charge is -2.38. The number of benzene rings is 1. The Morgan fingerprint density at radius 1 is 1.18 bits per heavy atom. The maximum absolute atomic E-state index is 11.6. The summed E-state index contributed by atoms with van der Waals surface area (Å²) in [6.45, 7) is 3.71. The molecule has 38 heavy (non-hydrogen) atoms. The van der Waals surface area contributed by atoms with Crippen molar-refractivity contribution in [3.05, 3.63) is 46.8 Å². The van der Waals surface area contributed by atoms with Crippen molar-refractivity contribution in [2.75, 3.05) is 31.6 Å². The summed E-state index contributed by atoms with van der Waals surface area (Å²) in [6, 6.07) is 12.7. The third kappa shape index (κ3) is 5.38. The highest BCUT2D eigenvalue weighted by Crippen LogP contribution is 2.49. The van der Waals surface area contributed by atoms with Gasteiger partial charge in [0, 0.05) is 35.8 Å². The fourth-order valence-electron chi connectivity index (χ4n) is 6.30. The number of hydrogen-bond acceptors (Lipinski definition) is 8. The van der Waals surface area contributed by atoms with Crippen LogP contribution in [0.2, 0.25) is 0 Å². The zero-order valence-electron chi connectivity index (χ0n) is 21.6. The number of pyridine rings is 1. The Hall–Kier alpha value is -2.72.